The average molecular weight is 265 g/mol. The Morgan fingerprint density at radius 2 is 1.70 bits per heavy atom. The SMILES string of the molecule is OCc1ccc(OCc2ccc3cnccc3c2)cc1. The molecule has 0 aliphatic rings. The normalized spacial score (nSPS) is 10.7. The molecule has 3 nitrogen and oxygen atoms in total. The molecular formula is C17H15NO2. The van der Waals surface area contributed by atoms with Crippen molar-refractivity contribution in [3.05, 3.63) is 72.1 Å². The first-order valence-electron chi connectivity index (χ1n) is 6.50. The highest BCUT2D eigenvalue weighted by Crippen LogP contribution is 2.17. The molecule has 3 heteroatoms. The second kappa shape index (κ2) is 5.72. The third-order valence-electron chi connectivity index (χ3n) is 3.22. The minimum absolute atomic E-state index is 0.0546. The number of aromatic nitrogens is 1. The number of nitrogens with zero attached hydrogens (tertiary/aromatic N) is 1. The van der Waals surface area contributed by atoms with Crippen molar-refractivity contribution in [1.82, 2.24) is 4.98 Å². The molecule has 1 aromatic heterocycles. The van der Waals surface area contributed by atoms with E-state index in [4.69, 9.17) is 9.84 Å². The van der Waals surface area contributed by atoms with Gasteiger partial charge in [-0.3, -0.25) is 4.98 Å². The molecule has 0 aliphatic heterocycles. The van der Waals surface area contributed by atoms with Crippen LogP contribution in [-0.4, -0.2) is 10.1 Å². The van der Waals surface area contributed by atoms with Crippen LogP contribution in [0.25, 0.3) is 10.8 Å². The highest BCUT2D eigenvalue weighted by molar-refractivity contribution is 5.81. The molecule has 0 fully saturated rings. The third-order valence-corrected chi connectivity index (χ3v) is 3.22. The van der Waals surface area contributed by atoms with Crippen LogP contribution in [0.2, 0.25) is 0 Å². The minimum atomic E-state index is 0.0546. The summed E-state index contributed by atoms with van der Waals surface area (Å²) in [5.41, 5.74) is 2.01. The van der Waals surface area contributed by atoms with Crippen molar-refractivity contribution in [2.24, 2.45) is 0 Å². The highest BCUT2D eigenvalue weighted by atomic mass is 16.5. The van der Waals surface area contributed by atoms with Gasteiger partial charge in [-0.05, 0) is 40.8 Å². The second-order valence-electron chi connectivity index (χ2n) is 4.65. The largest absolute Gasteiger partial charge is 0.489 e. The molecule has 0 amide bonds. The Morgan fingerprint density at radius 1 is 0.900 bits per heavy atom. The zero-order valence-corrected chi connectivity index (χ0v) is 11.0. The second-order valence-corrected chi connectivity index (χ2v) is 4.65. The Labute approximate surface area is 117 Å². The number of rotatable bonds is 4. The molecule has 0 spiro atoms. The van der Waals surface area contributed by atoms with Crippen molar-refractivity contribution in [3.8, 4) is 5.75 Å². The van der Waals surface area contributed by atoms with Gasteiger partial charge < -0.3 is 9.84 Å². The molecule has 0 radical (unpaired) electrons. The molecule has 1 heterocycles. The van der Waals surface area contributed by atoms with Crippen LogP contribution in [0.4, 0.5) is 0 Å². The van der Waals surface area contributed by atoms with Gasteiger partial charge in [0.05, 0.1) is 6.61 Å². The monoisotopic (exact) mass is 265 g/mol. The molecular weight excluding hydrogens is 250 g/mol. The van der Waals surface area contributed by atoms with E-state index in [9.17, 15) is 0 Å². The first-order chi connectivity index (χ1) is 9.85. The highest BCUT2D eigenvalue weighted by Gasteiger charge is 1.99. The lowest BCUT2D eigenvalue weighted by Gasteiger charge is -2.07. The van der Waals surface area contributed by atoms with Gasteiger partial charge >= 0.3 is 0 Å². The molecule has 20 heavy (non-hydrogen) atoms. The molecule has 0 bridgehead atoms. The van der Waals surface area contributed by atoms with E-state index in [-0.39, 0.29) is 6.61 Å². The number of fused-ring (bicyclic) bond motifs is 1. The molecule has 0 aliphatic carbocycles. The molecule has 2 aromatic carbocycles. The fourth-order valence-corrected chi connectivity index (χ4v) is 2.08. The van der Waals surface area contributed by atoms with Gasteiger partial charge in [0.25, 0.3) is 0 Å². The van der Waals surface area contributed by atoms with Crippen LogP contribution in [-0.2, 0) is 13.2 Å². The lowest BCUT2D eigenvalue weighted by molar-refractivity contribution is 0.280. The van der Waals surface area contributed by atoms with Crippen molar-refractivity contribution in [1.29, 1.82) is 0 Å². The Bertz CT molecular complexity index is 708. The van der Waals surface area contributed by atoms with E-state index in [1.165, 1.54) is 0 Å². The summed E-state index contributed by atoms with van der Waals surface area (Å²) in [4.78, 5) is 4.10. The zero-order valence-electron chi connectivity index (χ0n) is 11.0. The molecule has 0 unspecified atom stereocenters. The summed E-state index contributed by atoms with van der Waals surface area (Å²) >= 11 is 0. The van der Waals surface area contributed by atoms with E-state index in [1.54, 1.807) is 6.20 Å². The van der Waals surface area contributed by atoms with Crippen molar-refractivity contribution < 1.29 is 9.84 Å². The van der Waals surface area contributed by atoms with Gasteiger partial charge in [0, 0.05) is 17.8 Å². The smallest absolute Gasteiger partial charge is 0.119 e. The van der Waals surface area contributed by atoms with Gasteiger partial charge in [0.15, 0.2) is 0 Å². The fraction of sp³-hybridized carbons (Fsp3) is 0.118. The maximum atomic E-state index is 8.99. The van der Waals surface area contributed by atoms with Gasteiger partial charge in [-0.1, -0.05) is 24.3 Å². The van der Waals surface area contributed by atoms with Crippen LogP contribution in [0, 0.1) is 0 Å². The number of hydrogen-bond acceptors (Lipinski definition) is 3. The van der Waals surface area contributed by atoms with Gasteiger partial charge in [-0.15, -0.1) is 0 Å². The summed E-state index contributed by atoms with van der Waals surface area (Å²) in [5.74, 6) is 0.803. The number of hydrogen-bond donors (Lipinski definition) is 1. The summed E-state index contributed by atoms with van der Waals surface area (Å²) < 4.78 is 5.74. The van der Waals surface area contributed by atoms with E-state index in [2.05, 4.69) is 17.1 Å². The summed E-state index contributed by atoms with van der Waals surface area (Å²) in [7, 11) is 0. The van der Waals surface area contributed by atoms with Crippen LogP contribution in [0.3, 0.4) is 0 Å². The standard InChI is InChI=1S/C17H15NO2/c19-11-13-2-5-17(6-3-13)20-12-14-1-4-16-10-18-8-7-15(16)9-14/h1-10,19H,11-12H2. The molecule has 1 N–H and O–H groups in total. The van der Waals surface area contributed by atoms with Crippen LogP contribution in [0.1, 0.15) is 11.1 Å². The molecule has 3 aromatic rings. The summed E-state index contributed by atoms with van der Waals surface area (Å²) in [6, 6.07) is 15.7. The summed E-state index contributed by atoms with van der Waals surface area (Å²) in [6.07, 6.45) is 3.65. The Morgan fingerprint density at radius 3 is 2.50 bits per heavy atom. The Hall–Kier alpha value is -2.39. The van der Waals surface area contributed by atoms with E-state index in [1.807, 2.05) is 42.6 Å². The maximum absolute atomic E-state index is 8.99. The van der Waals surface area contributed by atoms with Crippen molar-refractivity contribution in [2.45, 2.75) is 13.2 Å². The molecule has 100 valence electrons. The van der Waals surface area contributed by atoms with Gasteiger partial charge in [-0.25, -0.2) is 0 Å². The van der Waals surface area contributed by atoms with Crippen molar-refractivity contribution in [2.75, 3.05) is 0 Å². The zero-order chi connectivity index (χ0) is 13.8. The number of aliphatic hydroxyl groups is 1. The minimum Gasteiger partial charge on any atom is -0.489 e. The van der Waals surface area contributed by atoms with Crippen LogP contribution in [0.15, 0.2) is 60.9 Å². The molecule has 3 rings (SSSR count). The van der Waals surface area contributed by atoms with E-state index in [0.29, 0.717) is 6.61 Å². The number of benzene rings is 2. The maximum Gasteiger partial charge on any atom is 0.119 e. The average Bonchev–Trinajstić information content (AvgIpc) is 2.53. The van der Waals surface area contributed by atoms with Gasteiger partial charge in [0.1, 0.15) is 12.4 Å². The predicted molar refractivity (Wildman–Crippen MR) is 78.4 cm³/mol. The fourth-order valence-electron chi connectivity index (χ4n) is 2.08. The topological polar surface area (TPSA) is 42.4 Å². The summed E-state index contributed by atoms with van der Waals surface area (Å²) in [6.45, 7) is 0.579. The van der Waals surface area contributed by atoms with Gasteiger partial charge in [0.2, 0.25) is 0 Å². The van der Waals surface area contributed by atoms with Gasteiger partial charge in [-0.2, -0.15) is 0 Å². The molecule has 0 atom stereocenters. The first-order valence-corrected chi connectivity index (χ1v) is 6.50. The molecule has 0 saturated heterocycles. The van der Waals surface area contributed by atoms with Crippen LogP contribution < -0.4 is 4.74 Å². The van der Waals surface area contributed by atoms with E-state index < -0.39 is 0 Å². The lowest BCUT2D eigenvalue weighted by atomic mass is 10.1. The van der Waals surface area contributed by atoms with Crippen molar-refractivity contribution >= 4 is 10.8 Å². The van der Waals surface area contributed by atoms with E-state index in [0.717, 1.165) is 27.6 Å². The Balaban J connectivity index is 1.72. The van der Waals surface area contributed by atoms with Crippen LogP contribution >= 0.6 is 0 Å². The lowest BCUT2D eigenvalue weighted by Crippen LogP contribution is -1.95. The first kappa shape index (κ1) is 12.6. The third kappa shape index (κ3) is 2.78. The molecule has 0 saturated carbocycles. The summed E-state index contributed by atoms with van der Waals surface area (Å²) in [5, 5.41) is 11.3. The number of ether oxygens (including phenoxy) is 1. The number of pyridine rings is 1. The predicted octanol–water partition coefficient (Wildman–Crippen LogP) is 3.31. The van der Waals surface area contributed by atoms with Crippen molar-refractivity contribution in [3.63, 3.8) is 0 Å². The van der Waals surface area contributed by atoms with E-state index >= 15 is 0 Å². The Kier molecular flexibility index (Phi) is 3.61. The van der Waals surface area contributed by atoms with Crippen LogP contribution in [0.5, 0.6) is 5.75 Å². The number of aliphatic hydroxyl groups excluding tert-OH is 1. The quantitative estimate of drug-likeness (QED) is 0.787.